The van der Waals surface area contributed by atoms with Crippen LogP contribution in [0.15, 0.2) is 30.3 Å². The Balaban J connectivity index is 1.89. The monoisotopic (exact) mass is 273 g/mol. The zero-order valence-corrected chi connectivity index (χ0v) is 10.9. The van der Waals surface area contributed by atoms with Crippen molar-refractivity contribution in [3.05, 3.63) is 35.9 Å². The van der Waals surface area contributed by atoms with Crippen LogP contribution >= 0.6 is 0 Å². The molecule has 3 rings (SSSR count). The molecule has 104 valence electrons. The summed E-state index contributed by atoms with van der Waals surface area (Å²) in [6.07, 6.45) is 1.83. The molecule has 0 saturated carbocycles. The van der Waals surface area contributed by atoms with E-state index in [1.807, 2.05) is 0 Å². The van der Waals surface area contributed by atoms with Gasteiger partial charge in [0.25, 0.3) is 0 Å². The van der Waals surface area contributed by atoms with Crippen molar-refractivity contribution in [2.75, 3.05) is 13.2 Å². The third-order valence-corrected chi connectivity index (χ3v) is 3.39. The van der Waals surface area contributed by atoms with Gasteiger partial charge in [-0.05, 0) is 18.2 Å². The minimum atomic E-state index is -0.949. The average molecular weight is 273 g/mol. The van der Waals surface area contributed by atoms with Crippen LogP contribution in [0, 0.1) is 0 Å². The molecule has 5 heteroatoms. The number of carboxylic acid groups (broad SMARTS) is 1. The Bertz CT molecular complexity index is 635. The molecule has 1 saturated heterocycles. The lowest BCUT2D eigenvalue weighted by atomic mass is 10.1. The van der Waals surface area contributed by atoms with Gasteiger partial charge < -0.3 is 14.6 Å². The fraction of sp³-hybridized carbons (Fsp3) is 0.333. The van der Waals surface area contributed by atoms with Gasteiger partial charge in [0.2, 0.25) is 5.88 Å². The van der Waals surface area contributed by atoms with Gasteiger partial charge in [0.1, 0.15) is 6.10 Å². The number of ether oxygens (including phenoxy) is 2. The molecule has 1 N–H and O–H groups in total. The van der Waals surface area contributed by atoms with Crippen LogP contribution in [0.1, 0.15) is 23.2 Å². The summed E-state index contributed by atoms with van der Waals surface area (Å²) in [5, 5.41) is 9.76. The Morgan fingerprint density at radius 1 is 1.25 bits per heavy atom. The molecule has 0 bridgehead atoms. The number of carbonyl (C=O) groups is 1. The molecule has 2 aromatic rings. The fourth-order valence-electron chi connectivity index (χ4n) is 2.35. The largest absolute Gasteiger partial charge is 0.478 e. The maximum Gasteiger partial charge on any atom is 0.336 e. The van der Waals surface area contributed by atoms with Crippen molar-refractivity contribution in [3.8, 4) is 5.88 Å². The minimum absolute atomic E-state index is 0.122. The number of aromatic carboxylic acids is 1. The zero-order chi connectivity index (χ0) is 13.9. The highest BCUT2D eigenvalue weighted by atomic mass is 16.5. The van der Waals surface area contributed by atoms with Crippen molar-refractivity contribution < 1.29 is 19.4 Å². The van der Waals surface area contributed by atoms with Crippen LogP contribution in [-0.2, 0) is 4.74 Å². The van der Waals surface area contributed by atoms with Gasteiger partial charge in [-0.25, -0.2) is 9.78 Å². The van der Waals surface area contributed by atoms with Crippen molar-refractivity contribution in [2.45, 2.75) is 18.9 Å². The molecule has 0 aliphatic carbocycles. The fourth-order valence-corrected chi connectivity index (χ4v) is 2.35. The molecular formula is C15H15NO4. The van der Waals surface area contributed by atoms with E-state index in [4.69, 9.17) is 14.6 Å². The number of aromatic nitrogens is 1. The van der Waals surface area contributed by atoms with Gasteiger partial charge in [-0.1, -0.05) is 6.07 Å². The number of carboxylic acids is 1. The minimum Gasteiger partial charge on any atom is -0.478 e. The van der Waals surface area contributed by atoms with Crippen molar-refractivity contribution in [1.29, 1.82) is 0 Å². The van der Waals surface area contributed by atoms with Gasteiger partial charge in [0.05, 0.1) is 24.3 Å². The topological polar surface area (TPSA) is 68.7 Å². The van der Waals surface area contributed by atoms with Crippen molar-refractivity contribution in [2.24, 2.45) is 0 Å². The highest BCUT2D eigenvalue weighted by Gasteiger charge is 2.16. The number of rotatable bonds is 3. The van der Waals surface area contributed by atoms with Crippen molar-refractivity contribution in [3.63, 3.8) is 0 Å². The van der Waals surface area contributed by atoms with Crippen LogP contribution in [0.4, 0.5) is 0 Å². The van der Waals surface area contributed by atoms with Crippen LogP contribution in [0.2, 0.25) is 0 Å². The molecule has 0 radical (unpaired) electrons. The second-order valence-corrected chi connectivity index (χ2v) is 4.76. The Morgan fingerprint density at radius 3 is 2.80 bits per heavy atom. The molecule has 1 fully saturated rings. The Morgan fingerprint density at radius 2 is 2.05 bits per heavy atom. The molecule has 2 heterocycles. The van der Waals surface area contributed by atoms with E-state index in [0.29, 0.717) is 30.0 Å². The quantitative estimate of drug-likeness (QED) is 0.930. The maximum absolute atomic E-state index is 11.1. The first-order valence-electron chi connectivity index (χ1n) is 6.61. The number of benzene rings is 1. The van der Waals surface area contributed by atoms with E-state index in [1.54, 1.807) is 30.3 Å². The predicted molar refractivity (Wildman–Crippen MR) is 73.2 cm³/mol. The molecule has 1 aliphatic rings. The van der Waals surface area contributed by atoms with Crippen LogP contribution < -0.4 is 4.74 Å². The van der Waals surface area contributed by atoms with Gasteiger partial charge in [-0.2, -0.15) is 0 Å². The van der Waals surface area contributed by atoms with E-state index in [9.17, 15) is 4.79 Å². The second kappa shape index (κ2) is 5.46. The van der Waals surface area contributed by atoms with E-state index < -0.39 is 5.97 Å². The summed E-state index contributed by atoms with van der Waals surface area (Å²) in [7, 11) is 0. The number of pyridine rings is 1. The molecule has 1 aromatic carbocycles. The second-order valence-electron chi connectivity index (χ2n) is 4.76. The van der Waals surface area contributed by atoms with Gasteiger partial charge in [0, 0.05) is 24.3 Å². The van der Waals surface area contributed by atoms with Gasteiger partial charge >= 0.3 is 5.97 Å². The van der Waals surface area contributed by atoms with Crippen LogP contribution in [0.3, 0.4) is 0 Å². The van der Waals surface area contributed by atoms with Crippen LogP contribution in [0.5, 0.6) is 5.88 Å². The predicted octanol–water partition coefficient (Wildman–Crippen LogP) is 2.49. The summed E-state index contributed by atoms with van der Waals surface area (Å²) in [6.45, 7) is 1.42. The van der Waals surface area contributed by atoms with Gasteiger partial charge in [-0.3, -0.25) is 0 Å². The smallest absolute Gasteiger partial charge is 0.336 e. The molecular weight excluding hydrogens is 258 g/mol. The average Bonchev–Trinajstić information content (AvgIpc) is 2.47. The molecule has 0 atom stereocenters. The third kappa shape index (κ3) is 2.58. The molecule has 0 amide bonds. The Hall–Kier alpha value is -2.14. The number of nitrogens with zero attached hydrogens (tertiary/aromatic N) is 1. The Kier molecular flexibility index (Phi) is 3.52. The first-order chi connectivity index (χ1) is 9.74. The van der Waals surface area contributed by atoms with Gasteiger partial charge in [0.15, 0.2) is 0 Å². The zero-order valence-electron chi connectivity index (χ0n) is 10.9. The normalized spacial score (nSPS) is 16.2. The van der Waals surface area contributed by atoms with E-state index in [-0.39, 0.29) is 11.7 Å². The lowest BCUT2D eigenvalue weighted by Crippen LogP contribution is -2.26. The molecule has 5 nitrogen and oxygen atoms in total. The highest BCUT2D eigenvalue weighted by Crippen LogP contribution is 2.22. The van der Waals surface area contributed by atoms with E-state index in [1.165, 1.54) is 0 Å². The van der Waals surface area contributed by atoms with Crippen LogP contribution in [0.25, 0.3) is 10.9 Å². The summed E-state index contributed by atoms with van der Waals surface area (Å²) in [5.41, 5.74) is 0.891. The number of hydrogen-bond acceptors (Lipinski definition) is 4. The lowest BCUT2D eigenvalue weighted by molar-refractivity contribution is 0.0239. The summed E-state index contributed by atoms with van der Waals surface area (Å²) >= 11 is 0. The van der Waals surface area contributed by atoms with Crippen LogP contribution in [-0.4, -0.2) is 35.4 Å². The van der Waals surface area contributed by atoms with E-state index in [0.717, 1.165) is 12.8 Å². The summed E-state index contributed by atoms with van der Waals surface area (Å²) < 4.78 is 11.1. The summed E-state index contributed by atoms with van der Waals surface area (Å²) in [6, 6.07) is 8.53. The number of fused-ring (bicyclic) bond motifs is 1. The highest BCUT2D eigenvalue weighted by molar-refractivity contribution is 6.02. The standard InChI is InChI=1S/C15H15NO4/c17-15(18)12-2-1-3-13-11(12)4-5-14(16-13)20-10-6-8-19-9-7-10/h1-5,10H,6-9H2,(H,17,18). The molecule has 20 heavy (non-hydrogen) atoms. The molecule has 0 spiro atoms. The first kappa shape index (κ1) is 12.9. The first-order valence-corrected chi connectivity index (χ1v) is 6.61. The summed E-state index contributed by atoms with van der Waals surface area (Å²) in [4.78, 5) is 15.5. The Labute approximate surface area is 116 Å². The van der Waals surface area contributed by atoms with Gasteiger partial charge in [-0.15, -0.1) is 0 Å². The number of hydrogen-bond donors (Lipinski definition) is 1. The van der Waals surface area contributed by atoms with Crippen molar-refractivity contribution in [1.82, 2.24) is 4.98 Å². The molecule has 0 unspecified atom stereocenters. The van der Waals surface area contributed by atoms with Crippen molar-refractivity contribution >= 4 is 16.9 Å². The molecule has 1 aromatic heterocycles. The lowest BCUT2D eigenvalue weighted by Gasteiger charge is -2.22. The van der Waals surface area contributed by atoms with E-state index in [2.05, 4.69) is 4.98 Å². The summed E-state index contributed by atoms with van der Waals surface area (Å²) in [5.74, 6) is -0.414. The SMILES string of the molecule is O=C(O)c1cccc2nc(OC3CCOCC3)ccc12. The maximum atomic E-state index is 11.1. The molecule has 1 aliphatic heterocycles. The van der Waals surface area contributed by atoms with E-state index >= 15 is 0 Å². The third-order valence-electron chi connectivity index (χ3n) is 3.39.